The summed E-state index contributed by atoms with van der Waals surface area (Å²) in [7, 11) is 0. The summed E-state index contributed by atoms with van der Waals surface area (Å²) in [5.41, 5.74) is 2.40. The normalized spacial score (nSPS) is 19.7. The molecule has 2 aliphatic heterocycles. The number of rotatable bonds is 3. The Bertz CT molecular complexity index is 421. The Kier molecular flexibility index (Phi) is 3.59. The van der Waals surface area contributed by atoms with Crippen molar-refractivity contribution in [2.24, 2.45) is 0 Å². The van der Waals surface area contributed by atoms with Crippen LogP contribution in [0.25, 0.3) is 0 Å². The fraction of sp³-hybridized carbons (Fsp3) is 0.538. The lowest BCUT2D eigenvalue weighted by atomic mass is 10.2. The number of benzene rings is 1. The van der Waals surface area contributed by atoms with Crippen LogP contribution >= 0.6 is 11.6 Å². The maximum absolute atomic E-state index is 6.06. The molecule has 98 valence electrons. The van der Waals surface area contributed by atoms with Gasteiger partial charge in [-0.1, -0.05) is 11.6 Å². The number of morpholine rings is 1. The number of halogens is 1. The second-order valence-corrected chi connectivity index (χ2v) is 5.15. The molecule has 1 aromatic rings. The van der Waals surface area contributed by atoms with E-state index >= 15 is 0 Å². The van der Waals surface area contributed by atoms with Crippen molar-refractivity contribution in [3.05, 3.63) is 23.2 Å². The smallest absolute Gasteiger partial charge is 0.0878 e. The summed E-state index contributed by atoms with van der Waals surface area (Å²) in [5, 5.41) is 4.19. The van der Waals surface area contributed by atoms with Crippen molar-refractivity contribution in [3.63, 3.8) is 0 Å². The highest BCUT2D eigenvalue weighted by molar-refractivity contribution is 6.31. The molecule has 0 aromatic heterocycles. The zero-order valence-corrected chi connectivity index (χ0v) is 11.1. The SMILES string of the molecule is Clc1ccc2c(c1)N(CCN1CCOCC1)CN2. The predicted octanol–water partition coefficient (Wildman–Crippen LogP) is 1.86. The molecule has 0 atom stereocenters. The standard InChI is InChI=1S/C13H18ClN3O/c14-11-1-2-12-13(9-11)17(10-15-12)4-3-16-5-7-18-8-6-16/h1-2,9,15H,3-8,10H2. The number of nitrogens with zero attached hydrogens (tertiary/aromatic N) is 2. The van der Waals surface area contributed by atoms with Gasteiger partial charge in [0.25, 0.3) is 0 Å². The monoisotopic (exact) mass is 267 g/mol. The van der Waals surface area contributed by atoms with Gasteiger partial charge in [0.05, 0.1) is 31.3 Å². The third-order valence-corrected chi connectivity index (χ3v) is 3.79. The molecule has 1 saturated heterocycles. The number of hydrogen-bond donors (Lipinski definition) is 1. The molecule has 3 rings (SSSR count). The molecule has 0 aliphatic carbocycles. The first-order chi connectivity index (χ1) is 8.83. The van der Waals surface area contributed by atoms with Crippen LogP contribution < -0.4 is 10.2 Å². The fourth-order valence-corrected chi connectivity index (χ4v) is 2.63. The third-order valence-electron chi connectivity index (χ3n) is 3.55. The van der Waals surface area contributed by atoms with E-state index in [0.717, 1.165) is 51.1 Å². The second kappa shape index (κ2) is 5.34. The van der Waals surface area contributed by atoms with Crippen molar-refractivity contribution in [2.45, 2.75) is 0 Å². The molecule has 1 aromatic carbocycles. The van der Waals surface area contributed by atoms with E-state index in [4.69, 9.17) is 16.3 Å². The van der Waals surface area contributed by atoms with E-state index < -0.39 is 0 Å². The number of hydrogen-bond acceptors (Lipinski definition) is 4. The quantitative estimate of drug-likeness (QED) is 0.905. The van der Waals surface area contributed by atoms with Gasteiger partial charge in [-0.3, -0.25) is 4.90 Å². The van der Waals surface area contributed by atoms with Crippen molar-refractivity contribution in [2.75, 3.05) is 56.3 Å². The molecule has 0 saturated carbocycles. The van der Waals surface area contributed by atoms with Crippen LogP contribution in [-0.4, -0.2) is 51.0 Å². The number of nitrogens with one attached hydrogen (secondary N) is 1. The lowest BCUT2D eigenvalue weighted by Crippen LogP contribution is -2.41. The highest BCUT2D eigenvalue weighted by atomic mass is 35.5. The van der Waals surface area contributed by atoms with Crippen LogP contribution in [0.4, 0.5) is 11.4 Å². The minimum absolute atomic E-state index is 0.800. The van der Waals surface area contributed by atoms with Crippen molar-refractivity contribution in [3.8, 4) is 0 Å². The Balaban J connectivity index is 1.60. The van der Waals surface area contributed by atoms with Crippen LogP contribution in [0, 0.1) is 0 Å². The minimum atomic E-state index is 0.800. The Hall–Kier alpha value is -0.970. The molecule has 0 bridgehead atoms. The molecule has 5 heteroatoms. The van der Waals surface area contributed by atoms with Gasteiger partial charge in [-0.15, -0.1) is 0 Å². The number of anilines is 2. The van der Waals surface area contributed by atoms with Gasteiger partial charge in [0, 0.05) is 31.2 Å². The minimum Gasteiger partial charge on any atom is -0.379 e. The molecule has 0 amide bonds. The first-order valence-electron chi connectivity index (χ1n) is 6.41. The van der Waals surface area contributed by atoms with E-state index in [9.17, 15) is 0 Å². The van der Waals surface area contributed by atoms with Gasteiger partial charge in [-0.05, 0) is 18.2 Å². The van der Waals surface area contributed by atoms with E-state index in [1.54, 1.807) is 0 Å². The maximum Gasteiger partial charge on any atom is 0.0878 e. The van der Waals surface area contributed by atoms with Crippen molar-refractivity contribution in [1.82, 2.24) is 4.90 Å². The summed E-state index contributed by atoms with van der Waals surface area (Å²) in [6, 6.07) is 6.02. The molecule has 18 heavy (non-hydrogen) atoms. The zero-order chi connectivity index (χ0) is 12.4. The summed E-state index contributed by atoms with van der Waals surface area (Å²) in [4.78, 5) is 4.79. The average molecular weight is 268 g/mol. The van der Waals surface area contributed by atoms with E-state index in [1.165, 1.54) is 11.4 Å². The van der Waals surface area contributed by atoms with Crippen LogP contribution in [0.15, 0.2) is 18.2 Å². The summed E-state index contributed by atoms with van der Waals surface area (Å²) in [5.74, 6) is 0. The third kappa shape index (κ3) is 2.55. The Morgan fingerprint density at radius 3 is 2.89 bits per heavy atom. The largest absolute Gasteiger partial charge is 0.379 e. The molecule has 2 heterocycles. The average Bonchev–Trinajstić information content (AvgIpc) is 2.80. The van der Waals surface area contributed by atoms with Crippen molar-refractivity contribution >= 4 is 23.0 Å². The lowest BCUT2D eigenvalue weighted by molar-refractivity contribution is 0.0392. The van der Waals surface area contributed by atoms with Crippen LogP contribution in [0.2, 0.25) is 5.02 Å². The molecule has 0 unspecified atom stereocenters. The van der Waals surface area contributed by atoms with E-state index in [-0.39, 0.29) is 0 Å². The molecule has 2 aliphatic rings. The second-order valence-electron chi connectivity index (χ2n) is 4.71. The van der Waals surface area contributed by atoms with Gasteiger partial charge in [0.2, 0.25) is 0 Å². The Morgan fingerprint density at radius 1 is 1.22 bits per heavy atom. The maximum atomic E-state index is 6.06. The summed E-state index contributed by atoms with van der Waals surface area (Å²) in [6.45, 7) is 6.80. The van der Waals surface area contributed by atoms with Gasteiger partial charge >= 0.3 is 0 Å². The topological polar surface area (TPSA) is 27.7 Å². The zero-order valence-electron chi connectivity index (χ0n) is 10.4. The molecular formula is C13H18ClN3O. The van der Waals surface area contributed by atoms with Crippen molar-refractivity contribution < 1.29 is 4.74 Å². The Labute approximate surface area is 112 Å². The highest BCUT2D eigenvalue weighted by Gasteiger charge is 2.19. The van der Waals surface area contributed by atoms with Gasteiger partial charge in [0.1, 0.15) is 0 Å². The molecule has 4 nitrogen and oxygen atoms in total. The molecule has 1 N–H and O–H groups in total. The van der Waals surface area contributed by atoms with Crippen molar-refractivity contribution in [1.29, 1.82) is 0 Å². The fourth-order valence-electron chi connectivity index (χ4n) is 2.47. The van der Waals surface area contributed by atoms with Crippen LogP contribution in [0.1, 0.15) is 0 Å². The van der Waals surface area contributed by atoms with Crippen LogP contribution in [0.5, 0.6) is 0 Å². The lowest BCUT2D eigenvalue weighted by Gasteiger charge is -2.29. The molecular weight excluding hydrogens is 250 g/mol. The summed E-state index contributed by atoms with van der Waals surface area (Å²) < 4.78 is 5.36. The highest BCUT2D eigenvalue weighted by Crippen LogP contribution is 2.33. The van der Waals surface area contributed by atoms with E-state index in [0.29, 0.717) is 0 Å². The first kappa shape index (κ1) is 12.1. The van der Waals surface area contributed by atoms with Crippen LogP contribution in [0.3, 0.4) is 0 Å². The van der Waals surface area contributed by atoms with Gasteiger partial charge < -0.3 is 15.0 Å². The van der Waals surface area contributed by atoms with Gasteiger partial charge in [0.15, 0.2) is 0 Å². The molecule has 0 spiro atoms. The Morgan fingerprint density at radius 2 is 2.06 bits per heavy atom. The first-order valence-corrected chi connectivity index (χ1v) is 6.79. The number of fused-ring (bicyclic) bond motifs is 1. The van der Waals surface area contributed by atoms with E-state index in [1.807, 2.05) is 18.2 Å². The van der Waals surface area contributed by atoms with Gasteiger partial charge in [-0.2, -0.15) is 0 Å². The van der Waals surface area contributed by atoms with Crippen LogP contribution in [-0.2, 0) is 4.74 Å². The van der Waals surface area contributed by atoms with E-state index in [2.05, 4.69) is 15.1 Å². The molecule has 1 fully saturated rings. The summed E-state index contributed by atoms with van der Waals surface area (Å²) in [6.07, 6.45) is 0. The predicted molar refractivity (Wildman–Crippen MR) is 74.5 cm³/mol. The number of ether oxygens (including phenoxy) is 1. The van der Waals surface area contributed by atoms with Gasteiger partial charge in [-0.25, -0.2) is 0 Å². The molecule has 0 radical (unpaired) electrons. The summed E-state index contributed by atoms with van der Waals surface area (Å²) >= 11 is 6.06.